The molecule has 8 heteroatoms. The van der Waals surface area contributed by atoms with E-state index in [4.69, 9.17) is 4.74 Å². The molecule has 1 N–H and O–H groups in total. The summed E-state index contributed by atoms with van der Waals surface area (Å²) in [4.78, 5) is 16.7. The molecule has 166 valence electrons. The van der Waals surface area contributed by atoms with Gasteiger partial charge >= 0.3 is 0 Å². The van der Waals surface area contributed by atoms with E-state index >= 15 is 0 Å². The highest BCUT2D eigenvalue weighted by molar-refractivity contribution is 7.98. The lowest BCUT2D eigenvalue weighted by atomic mass is 10.1. The molecule has 1 amide bonds. The van der Waals surface area contributed by atoms with E-state index in [2.05, 4.69) is 20.5 Å². The Morgan fingerprint density at radius 2 is 2.00 bits per heavy atom. The van der Waals surface area contributed by atoms with Crippen molar-refractivity contribution in [1.82, 2.24) is 25.1 Å². The molecule has 0 spiro atoms. The minimum Gasteiger partial charge on any atom is -0.495 e. The Kier molecular flexibility index (Phi) is 6.08. The van der Waals surface area contributed by atoms with Gasteiger partial charge in [-0.15, -0.1) is 10.2 Å². The lowest BCUT2D eigenvalue weighted by molar-refractivity contribution is 0.0951. The topological polar surface area (TPSA) is 81.9 Å². The second-order valence-corrected chi connectivity index (χ2v) is 8.73. The van der Waals surface area contributed by atoms with Crippen LogP contribution < -0.4 is 10.1 Å². The van der Waals surface area contributed by atoms with E-state index in [1.54, 1.807) is 31.3 Å². The molecule has 2 aromatic heterocycles. The number of aromatic nitrogens is 4. The first-order valence-electron chi connectivity index (χ1n) is 10.7. The van der Waals surface area contributed by atoms with Crippen molar-refractivity contribution >= 4 is 17.7 Å². The number of nitrogens with one attached hydrogen (secondary N) is 1. The number of hydrogen-bond acceptors (Lipinski definition) is 6. The summed E-state index contributed by atoms with van der Waals surface area (Å²) in [7, 11) is 1.65. The van der Waals surface area contributed by atoms with Crippen molar-refractivity contribution in [2.24, 2.45) is 0 Å². The first kappa shape index (κ1) is 21.2. The molecule has 0 unspecified atom stereocenters. The predicted octanol–water partition coefficient (Wildman–Crippen LogP) is 4.52. The van der Waals surface area contributed by atoms with Crippen molar-refractivity contribution in [3.8, 4) is 22.8 Å². The number of amides is 1. The van der Waals surface area contributed by atoms with Crippen molar-refractivity contribution in [2.45, 2.75) is 29.8 Å². The molecule has 0 atom stereocenters. The average molecular weight is 458 g/mol. The zero-order valence-electron chi connectivity index (χ0n) is 18.1. The standard InChI is InChI=1S/C25H23N5O2S/c1-32-22-10-3-2-9-21(22)30-23(19-8-5-13-26-15-19)28-29-25(30)33-16-17-6-4-7-18(14-17)24(31)27-20-11-12-20/h2-10,13-15,20H,11-12,16H2,1H3,(H,27,31). The number of carbonyl (C=O) groups excluding carboxylic acids is 1. The Morgan fingerprint density at radius 3 is 2.79 bits per heavy atom. The minimum absolute atomic E-state index is 0.0135. The molecule has 1 saturated carbocycles. The van der Waals surface area contributed by atoms with Crippen molar-refractivity contribution in [2.75, 3.05) is 7.11 Å². The minimum atomic E-state index is -0.0135. The third-order valence-corrected chi connectivity index (χ3v) is 6.35. The van der Waals surface area contributed by atoms with Gasteiger partial charge in [0.1, 0.15) is 5.75 Å². The van der Waals surface area contributed by atoms with E-state index in [0.717, 1.165) is 40.6 Å². The molecule has 5 rings (SSSR count). The number of ether oxygens (including phenoxy) is 1. The molecular weight excluding hydrogens is 434 g/mol. The van der Waals surface area contributed by atoms with Crippen LogP contribution in [0.25, 0.3) is 17.1 Å². The van der Waals surface area contributed by atoms with Gasteiger partial charge in [-0.2, -0.15) is 0 Å². The Bertz CT molecular complexity index is 1270. The SMILES string of the molecule is COc1ccccc1-n1c(SCc2cccc(C(=O)NC3CC3)c2)nnc1-c1cccnc1. The molecular formula is C25H23N5O2S. The van der Waals surface area contributed by atoms with E-state index in [-0.39, 0.29) is 5.91 Å². The highest BCUT2D eigenvalue weighted by atomic mass is 32.2. The van der Waals surface area contributed by atoms with Gasteiger partial charge in [-0.3, -0.25) is 14.3 Å². The van der Waals surface area contributed by atoms with Crippen molar-refractivity contribution < 1.29 is 9.53 Å². The van der Waals surface area contributed by atoms with Gasteiger partial charge in [0.15, 0.2) is 11.0 Å². The van der Waals surface area contributed by atoms with Gasteiger partial charge in [-0.25, -0.2) is 0 Å². The normalized spacial score (nSPS) is 13.0. The largest absolute Gasteiger partial charge is 0.495 e. The monoisotopic (exact) mass is 457 g/mol. The van der Waals surface area contributed by atoms with E-state index in [0.29, 0.717) is 23.2 Å². The summed E-state index contributed by atoms with van der Waals surface area (Å²) in [6, 6.07) is 19.7. The number of hydrogen-bond donors (Lipinski definition) is 1. The Hall–Kier alpha value is -3.65. The number of pyridine rings is 1. The number of rotatable bonds is 8. The van der Waals surface area contributed by atoms with Crippen LogP contribution in [0, 0.1) is 0 Å². The van der Waals surface area contributed by atoms with Crippen molar-refractivity contribution in [3.05, 3.63) is 84.2 Å². The number of thioether (sulfide) groups is 1. The summed E-state index contributed by atoms with van der Waals surface area (Å²) < 4.78 is 7.60. The predicted molar refractivity (Wildman–Crippen MR) is 128 cm³/mol. The van der Waals surface area contributed by atoms with Gasteiger partial charge in [-0.05, 0) is 54.8 Å². The molecule has 2 heterocycles. The first-order valence-corrected chi connectivity index (χ1v) is 11.7. The van der Waals surface area contributed by atoms with E-state index in [1.807, 2.05) is 65.2 Å². The van der Waals surface area contributed by atoms with Crippen LogP contribution in [-0.4, -0.2) is 38.8 Å². The van der Waals surface area contributed by atoms with Crippen LogP contribution in [-0.2, 0) is 5.75 Å². The molecule has 0 bridgehead atoms. The second-order valence-electron chi connectivity index (χ2n) is 7.79. The van der Waals surface area contributed by atoms with Crippen molar-refractivity contribution in [3.63, 3.8) is 0 Å². The van der Waals surface area contributed by atoms with Crippen molar-refractivity contribution in [1.29, 1.82) is 0 Å². The smallest absolute Gasteiger partial charge is 0.251 e. The van der Waals surface area contributed by atoms with Crippen LogP contribution in [0.15, 0.2) is 78.2 Å². The van der Waals surface area contributed by atoms with Gasteiger partial charge in [0, 0.05) is 35.3 Å². The number of benzene rings is 2. The highest BCUT2D eigenvalue weighted by Gasteiger charge is 2.24. The molecule has 4 aromatic rings. The fourth-order valence-electron chi connectivity index (χ4n) is 3.52. The van der Waals surface area contributed by atoms with Gasteiger partial charge in [0.2, 0.25) is 0 Å². The van der Waals surface area contributed by atoms with Crippen LogP contribution in [0.3, 0.4) is 0 Å². The van der Waals surface area contributed by atoms with Gasteiger partial charge in [0.05, 0.1) is 12.8 Å². The van der Waals surface area contributed by atoms with Crippen LogP contribution in [0.2, 0.25) is 0 Å². The molecule has 33 heavy (non-hydrogen) atoms. The van der Waals surface area contributed by atoms with Crippen LogP contribution >= 0.6 is 11.8 Å². The number of carbonyl (C=O) groups is 1. The molecule has 2 aromatic carbocycles. The molecule has 0 aliphatic heterocycles. The third kappa shape index (κ3) is 4.75. The van der Waals surface area contributed by atoms with Crippen LogP contribution in [0.4, 0.5) is 0 Å². The Labute approximate surface area is 196 Å². The summed E-state index contributed by atoms with van der Waals surface area (Å²) in [5.41, 5.74) is 3.44. The molecule has 1 aliphatic carbocycles. The van der Waals surface area contributed by atoms with E-state index in [9.17, 15) is 4.79 Å². The maximum Gasteiger partial charge on any atom is 0.251 e. The molecule has 0 radical (unpaired) electrons. The summed E-state index contributed by atoms with van der Waals surface area (Å²) in [6.07, 6.45) is 5.64. The lowest BCUT2D eigenvalue weighted by Gasteiger charge is -2.14. The van der Waals surface area contributed by atoms with Gasteiger partial charge in [-0.1, -0.05) is 36.0 Å². The number of para-hydroxylation sites is 2. The second kappa shape index (κ2) is 9.46. The Balaban J connectivity index is 1.45. The van der Waals surface area contributed by atoms with Gasteiger partial charge in [0.25, 0.3) is 5.91 Å². The lowest BCUT2D eigenvalue weighted by Crippen LogP contribution is -2.25. The molecule has 7 nitrogen and oxygen atoms in total. The fourth-order valence-corrected chi connectivity index (χ4v) is 4.41. The van der Waals surface area contributed by atoms with Crippen LogP contribution in [0.1, 0.15) is 28.8 Å². The first-order chi connectivity index (χ1) is 16.2. The summed E-state index contributed by atoms with van der Waals surface area (Å²) in [5.74, 6) is 2.04. The zero-order valence-corrected chi connectivity index (χ0v) is 19.0. The van der Waals surface area contributed by atoms with E-state index in [1.165, 1.54) is 0 Å². The Morgan fingerprint density at radius 1 is 1.12 bits per heavy atom. The summed E-state index contributed by atoms with van der Waals surface area (Å²) >= 11 is 1.56. The van der Waals surface area contributed by atoms with Gasteiger partial charge < -0.3 is 10.1 Å². The number of methoxy groups -OCH3 is 1. The maximum atomic E-state index is 12.4. The zero-order chi connectivity index (χ0) is 22.6. The third-order valence-electron chi connectivity index (χ3n) is 5.35. The quantitative estimate of drug-likeness (QED) is 0.392. The molecule has 1 aliphatic rings. The van der Waals surface area contributed by atoms with E-state index < -0.39 is 0 Å². The number of nitrogens with zero attached hydrogens (tertiary/aromatic N) is 4. The molecule has 1 fully saturated rings. The summed E-state index contributed by atoms with van der Waals surface area (Å²) in [5, 5.41) is 12.7. The maximum absolute atomic E-state index is 12.4. The summed E-state index contributed by atoms with van der Waals surface area (Å²) in [6.45, 7) is 0. The fraction of sp³-hybridized carbons (Fsp3) is 0.200. The highest BCUT2D eigenvalue weighted by Crippen LogP contribution is 2.33. The average Bonchev–Trinajstić information content (AvgIpc) is 3.58. The van der Waals surface area contributed by atoms with Crippen LogP contribution in [0.5, 0.6) is 5.75 Å². The molecule has 0 saturated heterocycles.